The molecular weight excluding hydrogens is 220 g/mol. The number of aliphatic hydroxyl groups excluding tert-OH is 3. The highest BCUT2D eigenvalue weighted by Gasteiger charge is 2.43. The van der Waals surface area contributed by atoms with E-state index in [0.29, 0.717) is 0 Å². The summed E-state index contributed by atoms with van der Waals surface area (Å²) in [5, 5.41) is 34.6. The first kappa shape index (κ1) is 12.5. The molecular formula is C6H10N6O4. The van der Waals surface area contributed by atoms with Gasteiger partial charge in [0, 0.05) is 9.82 Å². The van der Waals surface area contributed by atoms with Crippen molar-refractivity contribution in [1.29, 1.82) is 0 Å². The summed E-state index contributed by atoms with van der Waals surface area (Å²) in [7, 11) is 0. The molecule has 1 aliphatic heterocycles. The zero-order valence-electron chi connectivity index (χ0n) is 8.03. The highest BCUT2D eigenvalue weighted by molar-refractivity contribution is 4.94. The van der Waals surface area contributed by atoms with Crippen LogP contribution in [-0.4, -0.2) is 52.5 Å². The Kier molecular flexibility index (Phi) is 4.32. The molecule has 0 aromatic rings. The molecule has 1 rings (SSSR count). The third-order valence-corrected chi connectivity index (χ3v) is 2.20. The van der Waals surface area contributed by atoms with Gasteiger partial charge in [-0.25, -0.2) is 0 Å². The molecule has 0 unspecified atom stereocenters. The van der Waals surface area contributed by atoms with E-state index in [1.165, 1.54) is 0 Å². The predicted molar refractivity (Wildman–Crippen MR) is 49.8 cm³/mol. The number of azide groups is 2. The van der Waals surface area contributed by atoms with E-state index in [0.717, 1.165) is 0 Å². The van der Waals surface area contributed by atoms with Crippen molar-refractivity contribution in [2.45, 2.75) is 30.6 Å². The summed E-state index contributed by atoms with van der Waals surface area (Å²) in [6, 6.07) is -1.24. The Balaban J connectivity index is 2.83. The van der Waals surface area contributed by atoms with E-state index in [-0.39, 0.29) is 6.54 Å². The Bertz CT molecular complexity index is 338. The molecule has 0 amide bonds. The topological polar surface area (TPSA) is 167 Å². The molecule has 0 spiro atoms. The number of ether oxygens (including phenoxy) is 1. The van der Waals surface area contributed by atoms with E-state index in [9.17, 15) is 15.3 Å². The highest BCUT2D eigenvalue weighted by atomic mass is 16.6. The minimum atomic E-state index is -1.60. The van der Waals surface area contributed by atoms with Crippen LogP contribution >= 0.6 is 0 Å². The van der Waals surface area contributed by atoms with E-state index in [4.69, 9.17) is 15.8 Å². The summed E-state index contributed by atoms with van der Waals surface area (Å²) in [4.78, 5) is 4.91. The predicted octanol–water partition coefficient (Wildman–Crippen LogP) is -0.585. The van der Waals surface area contributed by atoms with Crippen molar-refractivity contribution >= 4 is 0 Å². The van der Waals surface area contributed by atoms with Gasteiger partial charge in [0.2, 0.25) is 0 Å². The number of hydrogen-bond acceptors (Lipinski definition) is 6. The van der Waals surface area contributed by atoms with E-state index in [1.807, 2.05) is 0 Å². The molecule has 5 atom stereocenters. The van der Waals surface area contributed by atoms with Crippen molar-refractivity contribution in [2.24, 2.45) is 10.2 Å². The van der Waals surface area contributed by atoms with Crippen LogP contribution in [0.3, 0.4) is 0 Å². The zero-order chi connectivity index (χ0) is 12.1. The molecule has 88 valence electrons. The van der Waals surface area contributed by atoms with Crippen LogP contribution in [-0.2, 0) is 4.74 Å². The summed E-state index contributed by atoms with van der Waals surface area (Å²) < 4.78 is 4.80. The first-order chi connectivity index (χ1) is 7.61. The van der Waals surface area contributed by atoms with Crippen LogP contribution < -0.4 is 0 Å². The number of aliphatic hydroxyl groups is 3. The SMILES string of the molecule is [N-]=[N+]=NC[C@H]1O[C@@H](O)[C@@H](O)[C@@H](N=[N+]=[N-])[C@H]1O. The molecule has 10 nitrogen and oxygen atoms in total. The molecule has 0 radical (unpaired) electrons. The lowest BCUT2D eigenvalue weighted by Gasteiger charge is -2.38. The van der Waals surface area contributed by atoms with Crippen LogP contribution in [0.15, 0.2) is 10.2 Å². The molecule has 0 aromatic heterocycles. The summed E-state index contributed by atoms with van der Waals surface area (Å²) in [5.74, 6) is 0. The van der Waals surface area contributed by atoms with E-state index >= 15 is 0 Å². The number of nitrogens with zero attached hydrogens (tertiary/aromatic N) is 6. The molecule has 16 heavy (non-hydrogen) atoms. The fourth-order valence-electron chi connectivity index (χ4n) is 1.39. The van der Waals surface area contributed by atoms with E-state index < -0.39 is 30.6 Å². The molecule has 0 bridgehead atoms. The van der Waals surface area contributed by atoms with Gasteiger partial charge in [0.15, 0.2) is 6.29 Å². The molecule has 1 heterocycles. The van der Waals surface area contributed by atoms with Crippen molar-refractivity contribution in [2.75, 3.05) is 6.54 Å². The van der Waals surface area contributed by atoms with Gasteiger partial charge in [-0.05, 0) is 11.1 Å². The van der Waals surface area contributed by atoms with Gasteiger partial charge in [-0.2, -0.15) is 0 Å². The van der Waals surface area contributed by atoms with Crippen molar-refractivity contribution < 1.29 is 20.1 Å². The van der Waals surface area contributed by atoms with Gasteiger partial charge in [0.05, 0.1) is 24.8 Å². The first-order valence-electron chi connectivity index (χ1n) is 4.36. The maximum absolute atomic E-state index is 9.63. The Labute approximate surface area is 89.3 Å². The normalized spacial score (nSPS) is 38.3. The third kappa shape index (κ3) is 2.52. The second-order valence-corrected chi connectivity index (χ2v) is 3.16. The minimum Gasteiger partial charge on any atom is -0.390 e. The van der Waals surface area contributed by atoms with Gasteiger partial charge in [-0.1, -0.05) is 10.2 Å². The smallest absolute Gasteiger partial charge is 0.181 e. The van der Waals surface area contributed by atoms with Crippen LogP contribution in [0.2, 0.25) is 0 Å². The van der Waals surface area contributed by atoms with E-state index in [1.54, 1.807) is 0 Å². The lowest BCUT2D eigenvalue weighted by Crippen LogP contribution is -2.57. The van der Waals surface area contributed by atoms with E-state index in [2.05, 4.69) is 20.1 Å². The molecule has 10 heteroatoms. The molecule has 0 aromatic carbocycles. The van der Waals surface area contributed by atoms with Gasteiger partial charge in [0.1, 0.15) is 6.10 Å². The Hall–Kier alpha value is -1.54. The summed E-state index contributed by atoms with van der Waals surface area (Å²) >= 11 is 0. The largest absolute Gasteiger partial charge is 0.390 e. The number of hydrogen-bond donors (Lipinski definition) is 3. The lowest BCUT2D eigenvalue weighted by molar-refractivity contribution is -0.249. The van der Waals surface area contributed by atoms with Gasteiger partial charge >= 0.3 is 0 Å². The van der Waals surface area contributed by atoms with Gasteiger partial charge in [-0.15, -0.1) is 0 Å². The van der Waals surface area contributed by atoms with Crippen LogP contribution in [0, 0.1) is 0 Å². The molecule has 1 aliphatic rings. The molecule has 1 saturated heterocycles. The van der Waals surface area contributed by atoms with Crippen LogP contribution in [0.25, 0.3) is 20.9 Å². The first-order valence-corrected chi connectivity index (χ1v) is 4.36. The van der Waals surface area contributed by atoms with Crippen molar-refractivity contribution in [3.05, 3.63) is 20.9 Å². The highest BCUT2D eigenvalue weighted by Crippen LogP contribution is 2.22. The second-order valence-electron chi connectivity index (χ2n) is 3.16. The third-order valence-electron chi connectivity index (χ3n) is 2.20. The fraction of sp³-hybridized carbons (Fsp3) is 1.00. The zero-order valence-corrected chi connectivity index (χ0v) is 8.03. The second kappa shape index (κ2) is 5.52. The average Bonchev–Trinajstić information content (AvgIpc) is 2.27. The number of rotatable bonds is 3. The Morgan fingerprint density at radius 1 is 1.12 bits per heavy atom. The molecule has 1 fully saturated rings. The minimum absolute atomic E-state index is 0.237. The Morgan fingerprint density at radius 2 is 1.81 bits per heavy atom. The fourth-order valence-corrected chi connectivity index (χ4v) is 1.39. The summed E-state index contributed by atoms with van der Waals surface area (Å²) in [5.41, 5.74) is 16.3. The average molecular weight is 230 g/mol. The van der Waals surface area contributed by atoms with Crippen molar-refractivity contribution in [3.63, 3.8) is 0 Å². The van der Waals surface area contributed by atoms with Gasteiger partial charge < -0.3 is 20.1 Å². The van der Waals surface area contributed by atoms with Crippen LogP contribution in [0.5, 0.6) is 0 Å². The van der Waals surface area contributed by atoms with Crippen LogP contribution in [0.4, 0.5) is 0 Å². The van der Waals surface area contributed by atoms with Gasteiger partial charge in [0.25, 0.3) is 0 Å². The van der Waals surface area contributed by atoms with Crippen molar-refractivity contribution in [3.8, 4) is 0 Å². The standard InChI is InChI=1S/C6H10N6O4/c7-11-9-1-2-4(13)3(10-12-8)5(14)6(15)16-2/h2-6,13-15H,1H2/t2-,3+,4+,5+,6-/m1/s1. The Morgan fingerprint density at radius 3 is 2.38 bits per heavy atom. The molecule has 0 saturated carbocycles. The van der Waals surface area contributed by atoms with Crippen molar-refractivity contribution in [1.82, 2.24) is 0 Å². The summed E-state index contributed by atoms with van der Waals surface area (Å²) in [6.07, 6.45) is -5.49. The maximum Gasteiger partial charge on any atom is 0.181 e. The lowest BCUT2D eigenvalue weighted by atomic mass is 9.97. The van der Waals surface area contributed by atoms with Gasteiger partial charge in [-0.3, -0.25) is 0 Å². The molecule has 3 N–H and O–H groups in total. The quantitative estimate of drug-likeness (QED) is 0.335. The molecule has 0 aliphatic carbocycles. The maximum atomic E-state index is 9.63. The monoisotopic (exact) mass is 230 g/mol. The summed E-state index contributed by atoms with van der Waals surface area (Å²) in [6.45, 7) is -0.237. The van der Waals surface area contributed by atoms with Crippen LogP contribution in [0.1, 0.15) is 0 Å².